The molecule has 150 valence electrons. The molecule has 1 amide bonds. The van der Waals surface area contributed by atoms with E-state index >= 15 is 0 Å². The third-order valence-corrected chi connectivity index (χ3v) is 4.51. The monoisotopic (exact) mass is 399 g/mol. The Morgan fingerprint density at radius 3 is 2.43 bits per heavy atom. The van der Waals surface area contributed by atoms with Gasteiger partial charge in [-0.3, -0.25) is 4.79 Å². The number of anilines is 1. The van der Waals surface area contributed by atoms with Crippen LogP contribution >= 0.6 is 0 Å². The zero-order valence-electron chi connectivity index (χ0n) is 16.5. The maximum absolute atomic E-state index is 12.3. The summed E-state index contributed by atoms with van der Waals surface area (Å²) in [4.78, 5) is 12.3. The Morgan fingerprint density at radius 1 is 0.867 bits per heavy atom. The predicted octanol–water partition coefficient (Wildman–Crippen LogP) is 4.71. The van der Waals surface area contributed by atoms with Crippen molar-refractivity contribution in [3.05, 3.63) is 78.9 Å². The number of nitrogens with zero attached hydrogens (tertiary/aromatic N) is 2. The van der Waals surface area contributed by atoms with Crippen LogP contribution in [0.2, 0.25) is 0 Å². The van der Waals surface area contributed by atoms with E-state index in [4.69, 9.17) is 9.47 Å². The topological polar surface area (TPSA) is 73.3 Å². The van der Waals surface area contributed by atoms with E-state index in [1.807, 2.05) is 79.7 Å². The van der Waals surface area contributed by atoms with E-state index in [-0.39, 0.29) is 12.5 Å². The van der Waals surface area contributed by atoms with Crippen molar-refractivity contribution in [2.75, 3.05) is 18.5 Å². The molecule has 30 heavy (non-hydrogen) atoms. The molecule has 4 aromatic rings. The average molecular weight is 399 g/mol. The average Bonchev–Trinajstić information content (AvgIpc) is 2.79. The van der Waals surface area contributed by atoms with Crippen LogP contribution in [0.5, 0.6) is 11.6 Å². The number of ether oxygens (including phenoxy) is 2. The maximum Gasteiger partial charge on any atom is 0.262 e. The minimum Gasteiger partial charge on any atom is -0.483 e. The Hall–Kier alpha value is -3.93. The lowest BCUT2D eigenvalue weighted by Crippen LogP contribution is -2.20. The molecule has 3 aromatic carbocycles. The van der Waals surface area contributed by atoms with Gasteiger partial charge in [-0.1, -0.05) is 48.5 Å². The first-order valence-electron chi connectivity index (χ1n) is 9.70. The van der Waals surface area contributed by atoms with Crippen molar-refractivity contribution in [1.29, 1.82) is 0 Å². The number of carbonyl (C=O) groups excluding carboxylic acids is 1. The lowest BCUT2D eigenvalue weighted by atomic mass is 10.1. The van der Waals surface area contributed by atoms with Crippen LogP contribution in [0.1, 0.15) is 6.92 Å². The van der Waals surface area contributed by atoms with Crippen molar-refractivity contribution >= 4 is 22.4 Å². The predicted molar refractivity (Wildman–Crippen MR) is 117 cm³/mol. The number of carbonyl (C=O) groups is 1. The van der Waals surface area contributed by atoms with Crippen molar-refractivity contribution in [2.24, 2.45) is 0 Å². The zero-order chi connectivity index (χ0) is 20.8. The number of nitrogens with one attached hydrogen (secondary N) is 1. The quantitative estimate of drug-likeness (QED) is 0.487. The summed E-state index contributed by atoms with van der Waals surface area (Å²) in [5.41, 5.74) is 2.32. The summed E-state index contributed by atoms with van der Waals surface area (Å²) in [6, 6.07) is 24.7. The van der Waals surface area contributed by atoms with Gasteiger partial charge in [0, 0.05) is 22.7 Å². The number of rotatable bonds is 7. The molecule has 0 atom stereocenters. The van der Waals surface area contributed by atoms with Crippen LogP contribution in [0, 0.1) is 0 Å². The molecule has 1 aromatic heterocycles. The smallest absolute Gasteiger partial charge is 0.262 e. The molecule has 4 rings (SSSR count). The largest absolute Gasteiger partial charge is 0.483 e. The fourth-order valence-electron chi connectivity index (χ4n) is 3.09. The molecule has 0 aliphatic heterocycles. The third-order valence-electron chi connectivity index (χ3n) is 4.51. The molecule has 6 nitrogen and oxygen atoms in total. The van der Waals surface area contributed by atoms with Crippen LogP contribution < -0.4 is 14.8 Å². The number of benzene rings is 3. The molecule has 6 heteroatoms. The first kappa shape index (κ1) is 19.4. The molecule has 0 spiro atoms. The van der Waals surface area contributed by atoms with Crippen molar-refractivity contribution in [1.82, 2.24) is 10.2 Å². The highest BCUT2D eigenvalue weighted by molar-refractivity contribution is 5.93. The second kappa shape index (κ2) is 9.05. The van der Waals surface area contributed by atoms with E-state index < -0.39 is 0 Å². The van der Waals surface area contributed by atoms with Crippen LogP contribution in [0.15, 0.2) is 78.9 Å². The van der Waals surface area contributed by atoms with Crippen molar-refractivity contribution in [2.45, 2.75) is 6.92 Å². The summed E-state index contributed by atoms with van der Waals surface area (Å²) < 4.78 is 11.0. The lowest BCUT2D eigenvalue weighted by molar-refractivity contribution is -0.118. The van der Waals surface area contributed by atoms with E-state index in [0.29, 0.717) is 23.9 Å². The van der Waals surface area contributed by atoms with E-state index in [0.717, 1.165) is 22.0 Å². The van der Waals surface area contributed by atoms with Gasteiger partial charge in [0.15, 0.2) is 6.61 Å². The van der Waals surface area contributed by atoms with E-state index in [1.165, 1.54) is 0 Å². The molecule has 0 aliphatic carbocycles. The summed E-state index contributed by atoms with van der Waals surface area (Å²) in [5.74, 6) is 0.959. The van der Waals surface area contributed by atoms with Crippen LogP contribution in [0.25, 0.3) is 22.0 Å². The second-order valence-electron chi connectivity index (χ2n) is 6.58. The highest BCUT2D eigenvalue weighted by Crippen LogP contribution is 2.25. The second-order valence-corrected chi connectivity index (χ2v) is 6.58. The summed E-state index contributed by atoms with van der Waals surface area (Å²) in [5, 5.41) is 13.1. The molecule has 1 N–H and O–H groups in total. The summed E-state index contributed by atoms with van der Waals surface area (Å²) in [6.45, 7) is 2.38. The Labute approximate surface area is 174 Å². The summed E-state index contributed by atoms with van der Waals surface area (Å²) in [6.07, 6.45) is 0. The number of hydrogen-bond acceptors (Lipinski definition) is 5. The van der Waals surface area contributed by atoms with E-state index in [1.54, 1.807) is 6.07 Å². The fraction of sp³-hybridized carbons (Fsp3) is 0.125. The SMILES string of the molecule is CCOc1ccc(-c2ccc(NC(=O)COc3cccc4ccccc34)cc2)nn1. The van der Waals surface area contributed by atoms with Gasteiger partial charge in [-0.2, -0.15) is 0 Å². The minimum atomic E-state index is -0.225. The highest BCUT2D eigenvalue weighted by atomic mass is 16.5. The molecule has 0 unspecified atom stereocenters. The zero-order valence-corrected chi connectivity index (χ0v) is 16.5. The Balaban J connectivity index is 1.36. The van der Waals surface area contributed by atoms with E-state index in [2.05, 4.69) is 15.5 Å². The number of hydrogen-bond donors (Lipinski definition) is 1. The Bertz CT molecular complexity index is 1140. The van der Waals surface area contributed by atoms with Crippen LogP contribution in [0.3, 0.4) is 0 Å². The molecule has 0 bridgehead atoms. The molecular weight excluding hydrogens is 378 g/mol. The van der Waals surface area contributed by atoms with Gasteiger partial charge >= 0.3 is 0 Å². The number of aromatic nitrogens is 2. The lowest BCUT2D eigenvalue weighted by Gasteiger charge is -2.10. The van der Waals surface area contributed by atoms with Crippen molar-refractivity contribution in [3.8, 4) is 22.9 Å². The summed E-state index contributed by atoms with van der Waals surface area (Å²) in [7, 11) is 0. The first-order chi connectivity index (χ1) is 14.7. The summed E-state index contributed by atoms with van der Waals surface area (Å²) >= 11 is 0. The minimum absolute atomic E-state index is 0.0693. The van der Waals surface area contributed by atoms with Gasteiger partial charge in [0.25, 0.3) is 5.91 Å². The molecule has 0 aliphatic rings. The highest BCUT2D eigenvalue weighted by Gasteiger charge is 2.07. The first-order valence-corrected chi connectivity index (χ1v) is 9.70. The van der Waals surface area contributed by atoms with Crippen LogP contribution in [-0.4, -0.2) is 29.3 Å². The number of amides is 1. The van der Waals surface area contributed by atoms with Gasteiger partial charge in [0.1, 0.15) is 5.75 Å². The molecule has 0 fully saturated rings. The van der Waals surface area contributed by atoms with Crippen LogP contribution in [-0.2, 0) is 4.79 Å². The van der Waals surface area contributed by atoms with Crippen molar-refractivity contribution < 1.29 is 14.3 Å². The molecule has 0 radical (unpaired) electrons. The molecule has 0 saturated carbocycles. The van der Waals surface area contributed by atoms with Gasteiger partial charge in [-0.25, -0.2) is 0 Å². The van der Waals surface area contributed by atoms with Gasteiger partial charge in [0.2, 0.25) is 5.88 Å². The van der Waals surface area contributed by atoms with Gasteiger partial charge in [0.05, 0.1) is 12.3 Å². The Kier molecular flexibility index (Phi) is 5.85. The van der Waals surface area contributed by atoms with E-state index in [9.17, 15) is 4.79 Å². The van der Waals surface area contributed by atoms with Gasteiger partial charge < -0.3 is 14.8 Å². The number of fused-ring (bicyclic) bond motifs is 1. The fourth-order valence-corrected chi connectivity index (χ4v) is 3.09. The normalized spacial score (nSPS) is 10.6. The van der Waals surface area contributed by atoms with Crippen LogP contribution in [0.4, 0.5) is 5.69 Å². The third kappa shape index (κ3) is 4.55. The molecular formula is C24H21N3O3. The van der Waals surface area contributed by atoms with Gasteiger partial charge in [-0.15, -0.1) is 10.2 Å². The molecule has 1 heterocycles. The Morgan fingerprint density at radius 2 is 1.67 bits per heavy atom. The standard InChI is InChI=1S/C24H21N3O3/c1-2-29-24-15-14-21(26-27-24)18-10-12-19(13-11-18)25-23(28)16-30-22-9-5-7-17-6-3-4-8-20(17)22/h3-15H,2,16H2,1H3,(H,25,28). The molecule has 0 saturated heterocycles. The van der Waals surface area contributed by atoms with Crippen molar-refractivity contribution in [3.63, 3.8) is 0 Å². The van der Waals surface area contributed by atoms with Gasteiger partial charge in [-0.05, 0) is 36.6 Å². The maximum atomic E-state index is 12.3.